The fraction of sp³-hybridized carbons (Fsp3) is 0.0800. The van der Waals surface area contributed by atoms with E-state index in [2.05, 4.69) is 5.32 Å². The molecule has 6 nitrogen and oxygen atoms in total. The van der Waals surface area contributed by atoms with Gasteiger partial charge in [0.15, 0.2) is 0 Å². The number of aliphatic hydroxyl groups is 1. The second kappa shape index (κ2) is 8.88. The molecule has 2 amide bonds. The first-order chi connectivity index (χ1) is 15.8. The van der Waals surface area contributed by atoms with E-state index in [1.165, 1.54) is 48.2 Å². The van der Waals surface area contributed by atoms with Gasteiger partial charge in [-0.1, -0.05) is 23.7 Å². The molecule has 3 aromatic carbocycles. The number of nitrogens with zero attached hydrogens (tertiary/aromatic N) is 1. The first kappa shape index (κ1) is 22.2. The highest BCUT2D eigenvalue weighted by atomic mass is 35.5. The lowest BCUT2D eigenvalue weighted by atomic mass is 9.95. The maximum Gasteiger partial charge on any atom is 0.300 e. The summed E-state index contributed by atoms with van der Waals surface area (Å²) >= 11 is 5.93. The molecule has 4 rings (SSSR count). The Morgan fingerprint density at radius 3 is 2.15 bits per heavy atom. The Labute approximate surface area is 193 Å². The van der Waals surface area contributed by atoms with Crippen molar-refractivity contribution in [2.75, 3.05) is 10.2 Å². The number of carbonyl (C=O) groups excluding carboxylic acids is 3. The van der Waals surface area contributed by atoms with Crippen LogP contribution in [0.2, 0.25) is 5.02 Å². The lowest BCUT2D eigenvalue weighted by Crippen LogP contribution is -2.29. The van der Waals surface area contributed by atoms with E-state index in [1.54, 1.807) is 36.4 Å². The summed E-state index contributed by atoms with van der Waals surface area (Å²) < 4.78 is 13.6. The van der Waals surface area contributed by atoms with E-state index in [-0.39, 0.29) is 17.2 Å². The number of hydrogen-bond donors (Lipinski definition) is 2. The molecule has 1 heterocycles. The lowest BCUT2D eigenvalue weighted by molar-refractivity contribution is -0.132. The second-order valence-corrected chi connectivity index (χ2v) is 7.89. The van der Waals surface area contributed by atoms with Gasteiger partial charge in [0.1, 0.15) is 11.6 Å². The maximum atomic E-state index is 13.6. The molecule has 1 aliphatic heterocycles. The van der Waals surface area contributed by atoms with Crippen LogP contribution in [-0.2, 0) is 14.4 Å². The monoisotopic (exact) mass is 464 g/mol. The van der Waals surface area contributed by atoms with Crippen molar-refractivity contribution in [3.05, 3.63) is 100 Å². The predicted molar refractivity (Wildman–Crippen MR) is 123 cm³/mol. The molecule has 3 aromatic rings. The quantitative estimate of drug-likeness (QED) is 0.321. The van der Waals surface area contributed by atoms with Gasteiger partial charge in [-0.05, 0) is 66.2 Å². The molecular weight excluding hydrogens is 447 g/mol. The predicted octanol–water partition coefficient (Wildman–Crippen LogP) is 5.06. The van der Waals surface area contributed by atoms with E-state index < -0.39 is 23.5 Å². The summed E-state index contributed by atoms with van der Waals surface area (Å²) in [5, 5.41) is 14.1. The Hall–Kier alpha value is -3.97. The van der Waals surface area contributed by atoms with Crippen LogP contribution in [0.15, 0.2) is 78.4 Å². The van der Waals surface area contributed by atoms with Crippen LogP contribution < -0.4 is 10.2 Å². The van der Waals surface area contributed by atoms with Crippen LogP contribution in [0.3, 0.4) is 0 Å². The molecule has 1 atom stereocenters. The van der Waals surface area contributed by atoms with Crippen LogP contribution >= 0.6 is 11.6 Å². The van der Waals surface area contributed by atoms with Crippen LogP contribution in [0.4, 0.5) is 15.8 Å². The van der Waals surface area contributed by atoms with E-state index in [0.717, 1.165) is 0 Å². The van der Waals surface area contributed by atoms with Crippen molar-refractivity contribution in [3.8, 4) is 0 Å². The summed E-state index contributed by atoms with van der Waals surface area (Å²) in [4.78, 5) is 38.7. The zero-order valence-electron chi connectivity index (χ0n) is 17.4. The topological polar surface area (TPSA) is 86.7 Å². The van der Waals surface area contributed by atoms with Crippen molar-refractivity contribution < 1.29 is 23.9 Å². The number of benzene rings is 3. The molecule has 166 valence electrons. The van der Waals surface area contributed by atoms with E-state index in [4.69, 9.17) is 11.6 Å². The second-order valence-electron chi connectivity index (χ2n) is 7.46. The molecule has 1 saturated heterocycles. The standard InChI is InChI=1S/C25H18ClFN2O4/c1-14(30)28-19-10-12-20(13-11-19)29-22(15-4-8-18(27)9-5-15)21(24(32)25(29)33)23(31)16-2-6-17(26)7-3-16/h2-13,22,31H,1H3,(H,28,30)/b23-21+. The first-order valence-electron chi connectivity index (χ1n) is 9.96. The number of aliphatic hydroxyl groups excluding tert-OH is 1. The Morgan fingerprint density at radius 1 is 0.970 bits per heavy atom. The molecule has 0 saturated carbocycles. The van der Waals surface area contributed by atoms with Gasteiger partial charge < -0.3 is 10.4 Å². The van der Waals surface area contributed by atoms with Crippen LogP contribution in [0.1, 0.15) is 24.1 Å². The maximum absolute atomic E-state index is 13.6. The Kier molecular flexibility index (Phi) is 5.98. The Morgan fingerprint density at radius 2 is 1.58 bits per heavy atom. The highest BCUT2D eigenvalue weighted by Crippen LogP contribution is 2.42. The molecular formula is C25H18ClFN2O4. The van der Waals surface area contributed by atoms with Crippen LogP contribution in [-0.4, -0.2) is 22.7 Å². The van der Waals surface area contributed by atoms with Gasteiger partial charge >= 0.3 is 0 Å². The third-order valence-electron chi connectivity index (χ3n) is 5.21. The van der Waals surface area contributed by atoms with Crippen LogP contribution in [0.5, 0.6) is 0 Å². The molecule has 0 aromatic heterocycles. The van der Waals surface area contributed by atoms with Crippen LogP contribution in [0, 0.1) is 5.82 Å². The number of carbonyl (C=O) groups is 3. The highest BCUT2D eigenvalue weighted by molar-refractivity contribution is 6.51. The van der Waals surface area contributed by atoms with E-state index >= 15 is 0 Å². The Bertz CT molecular complexity index is 1270. The molecule has 1 fully saturated rings. The molecule has 2 N–H and O–H groups in total. The first-order valence-corrected chi connectivity index (χ1v) is 10.3. The summed E-state index contributed by atoms with van der Waals surface area (Å²) in [7, 11) is 0. The molecule has 0 aliphatic carbocycles. The third kappa shape index (κ3) is 4.36. The van der Waals surface area contributed by atoms with Crippen molar-refractivity contribution in [1.82, 2.24) is 0 Å². The fourth-order valence-corrected chi connectivity index (χ4v) is 3.86. The van der Waals surface area contributed by atoms with Crippen molar-refractivity contribution in [2.45, 2.75) is 13.0 Å². The summed E-state index contributed by atoms with van der Waals surface area (Å²) in [6.07, 6.45) is 0. The molecule has 0 spiro atoms. The number of hydrogen-bond acceptors (Lipinski definition) is 4. The minimum absolute atomic E-state index is 0.125. The lowest BCUT2D eigenvalue weighted by Gasteiger charge is -2.25. The third-order valence-corrected chi connectivity index (χ3v) is 5.47. The number of ketones is 1. The van der Waals surface area contributed by atoms with Gasteiger partial charge in [0.2, 0.25) is 5.91 Å². The van der Waals surface area contributed by atoms with Gasteiger partial charge in [-0.15, -0.1) is 0 Å². The minimum Gasteiger partial charge on any atom is -0.507 e. The number of rotatable bonds is 4. The average molecular weight is 465 g/mol. The average Bonchev–Trinajstić information content (AvgIpc) is 3.05. The molecule has 0 bridgehead atoms. The molecule has 33 heavy (non-hydrogen) atoms. The van der Waals surface area contributed by atoms with E-state index in [0.29, 0.717) is 27.5 Å². The van der Waals surface area contributed by atoms with Gasteiger partial charge in [-0.25, -0.2) is 4.39 Å². The Balaban J connectivity index is 1.87. The van der Waals surface area contributed by atoms with Crippen molar-refractivity contribution in [3.63, 3.8) is 0 Å². The van der Waals surface area contributed by atoms with Crippen LogP contribution in [0.25, 0.3) is 5.76 Å². The minimum atomic E-state index is -0.993. The number of Topliss-reactive ketones (excluding diaryl/α,β-unsaturated/α-hetero) is 1. The van der Waals surface area contributed by atoms with Gasteiger partial charge in [0.25, 0.3) is 11.7 Å². The summed E-state index contributed by atoms with van der Waals surface area (Å²) in [6.45, 7) is 1.37. The zero-order valence-corrected chi connectivity index (χ0v) is 18.1. The normalized spacial score (nSPS) is 17.3. The molecule has 8 heteroatoms. The van der Waals surface area contributed by atoms with Gasteiger partial charge in [0.05, 0.1) is 11.6 Å². The number of halogens is 2. The van der Waals surface area contributed by atoms with E-state index in [1.807, 2.05) is 0 Å². The molecule has 0 radical (unpaired) electrons. The summed E-state index contributed by atoms with van der Waals surface area (Å²) in [6, 6.07) is 16.9. The number of anilines is 2. The van der Waals surface area contributed by atoms with E-state index in [9.17, 15) is 23.9 Å². The highest BCUT2D eigenvalue weighted by Gasteiger charge is 2.46. The van der Waals surface area contributed by atoms with Gasteiger partial charge in [0, 0.05) is 28.9 Å². The zero-order chi connectivity index (χ0) is 23.7. The summed E-state index contributed by atoms with van der Waals surface area (Å²) in [5.41, 5.74) is 1.51. The van der Waals surface area contributed by atoms with Crippen molar-refractivity contribution >= 4 is 46.3 Å². The SMILES string of the molecule is CC(=O)Nc1ccc(N2C(=O)C(=O)/C(=C(/O)c3ccc(Cl)cc3)C2c2ccc(F)cc2)cc1. The largest absolute Gasteiger partial charge is 0.507 e. The number of nitrogens with one attached hydrogen (secondary N) is 1. The van der Waals surface area contributed by atoms with Crippen molar-refractivity contribution in [1.29, 1.82) is 0 Å². The molecule has 1 unspecified atom stereocenters. The summed E-state index contributed by atoms with van der Waals surface area (Å²) in [5.74, 6) is -2.81. The van der Waals surface area contributed by atoms with Crippen molar-refractivity contribution in [2.24, 2.45) is 0 Å². The molecule has 1 aliphatic rings. The number of amides is 2. The van der Waals surface area contributed by atoms with Gasteiger partial charge in [-0.3, -0.25) is 19.3 Å². The fourth-order valence-electron chi connectivity index (χ4n) is 3.73. The van der Waals surface area contributed by atoms with Gasteiger partial charge in [-0.2, -0.15) is 0 Å². The smallest absolute Gasteiger partial charge is 0.300 e.